The zero-order chi connectivity index (χ0) is 14.6. The highest BCUT2D eigenvalue weighted by Gasteiger charge is 2.02. The number of nitrogens with zero attached hydrogens (tertiary/aromatic N) is 1. The first-order chi connectivity index (χ1) is 9.42. The number of halogens is 1. The summed E-state index contributed by atoms with van der Waals surface area (Å²) in [5.74, 6) is 0.296. The Morgan fingerprint density at radius 2 is 1.85 bits per heavy atom. The number of sulfonamides is 1. The smallest absolute Gasteiger partial charge is 0.230 e. The molecule has 1 aromatic carbocycles. The highest BCUT2D eigenvalue weighted by atomic mass is 35.5. The lowest BCUT2D eigenvalue weighted by Crippen LogP contribution is -2.10. The minimum absolute atomic E-state index is 0.296. The molecule has 0 unspecified atom stereocenters. The van der Waals surface area contributed by atoms with Crippen molar-refractivity contribution in [2.45, 2.75) is 6.54 Å². The van der Waals surface area contributed by atoms with Crippen LogP contribution in [0.2, 0.25) is 5.02 Å². The average Bonchev–Trinajstić information content (AvgIpc) is 2.38. The van der Waals surface area contributed by atoms with Gasteiger partial charge in [0.05, 0.1) is 18.1 Å². The molecule has 1 heterocycles. The second-order valence-electron chi connectivity index (χ2n) is 4.29. The molecular weight excluding hydrogens is 298 g/mol. The van der Waals surface area contributed by atoms with Gasteiger partial charge in [0.2, 0.25) is 10.0 Å². The molecule has 0 atom stereocenters. The highest BCUT2D eigenvalue weighted by molar-refractivity contribution is 7.92. The van der Waals surface area contributed by atoms with Gasteiger partial charge < -0.3 is 5.32 Å². The Bertz CT molecular complexity index is 670. The Labute approximate surface area is 123 Å². The van der Waals surface area contributed by atoms with Gasteiger partial charge in [-0.25, -0.2) is 13.4 Å². The maximum Gasteiger partial charge on any atom is 0.230 e. The van der Waals surface area contributed by atoms with Crippen LogP contribution in [0.25, 0.3) is 0 Å². The SMILES string of the molecule is CS(=O)(=O)Nc1ccc(NCc2ccc(Cl)cc2)cn1. The van der Waals surface area contributed by atoms with Gasteiger partial charge in [-0.1, -0.05) is 23.7 Å². The number of pyridine rings is 1. The van der Waals surface area contributed by atoms with Gasteiger partial charge in [0.25, 0.3) is 0 Å². The number of hydrogen-bond donors (Lipinski definition) is 2. The molecule has 0 aliphatic rings. The molecule has 7 heteroatoms. The van der Waals surface area contributed by atoms with E-state index in [1.165, 1.54) is 0 Å². The van der Waals surface area contributed by atoms with E-state index in [0.29, 0.717) is 17.4 Å². The molecule has 0 bridgehead atoms. The van der Waals surface area contributed by atoms with Crippen LogP contribution >= 0.6 is 11.6 Å². The van der Waals surface area contributed by atoms with Gasteiger partial charge in [-0.15, -0.1) is 0 Å². The maximum atomic E-state index is 11.0. The number of anilines is 2. The summed E-state index contributed by atoms with van der Waals surface area (Å²) < 4.78 is 24.4. The van der Waals surface area contributed by atoms with Gasteiger partial charge in [0, 0.05) is 11.6 Å². The molecule has 2 N–H and O–H groups in total. The molecule has 0 saturated carbocycles. The van der Waals surface area contributed by atoms with E-state index < -0.39 is 10.0 Å². The third-order valence-electron chi connectivity index (χ3n) is 2.46. The molecule has 1 aromatic heterocycles. The molecule has 2 rings (SSSR count). The summed E-state index contributed by atoms with van der Waals surface area (Å²) >= 11 is 5.81. The fourth-order valence-electron chi connectivity index (χ4n) is 1.56. The van der Waals surface area contributed by atoms with E-state index in [9.17, 15) is 8.42 Å². The van der Waals surface area contributed by atoms with Crippen LogP contribution < -0.4 is 10.0 Å². The van der Waals surface area contributed by atoms with E-state index in [2.05, 4.69) is 15.0 Å². The zero-order valence-corrected chi connectivity index (χ0v) is 12.4. The van der Waals surface area contributed by atoms with Gasteiger partial charge in [-0.3, -0.25) is 4.72 Å². The van der Waals surface area contributed by atoms with E-state index in [4.69, 9.17) is 11.6 Å². The number of rotatable bonds is 5. The van der Waals surface area contributed by atoms with Crippen molar-refractivity contribution in [1.82, 2.24) is 4.98 Å². The van der Waals surface area contributed by atoms with E-state index in [-0.39, 0.29) is 0 Å². The summed E-state index contributed by atoms with van der Waals surface area (Å²) in [6.07, 6.45) is 2.66. The predicted octanol–water partition coefficient (Wildman–Crippen LogP) is 2.72. The molecule has 0 aliphatic carbocycles. The quantitative estimate of drug-likeness (QED) is 0.890. The first kappa shape index (κ1) is 14.6. The van der Waals surface area contributed by atoms with Gasteiger partial charge in [0.1, 0.15) is 5.82 Å². The second-order valence-corrected chi connectivity index (χ2v) is 6.47. The molecule has 5 nitrogen and oxygen atoms in total. The normalized spacial score (nSPS) is 11.1. The molecule has 20 heavy (non-hydrogen) atoms. The Morgan fingerprint density at radius 1 is 1.15 bits per heavy atom. The van der Waals surface area contributed by atoms with Crippen LogP contribution in [0.4, 0.5) is 11.5 Å². The number of aromatic nitrogens is 1. The third kappa shape index (κ3) is 4.71. The lowest BCUT2D eigenvalue weighted by atomic mass is 10.2. The lowest BCUT2D eigenvalue weighted by molar-refractivity contribution is 0.606. The topological polar surface area (TPSA) is 71.1 Å². The summed E-state index contributed by atoms with van der Waals surface area (Å²) in [5, 5.41) is 3.89. The average molecular weight is 312 g/mol. The van der Waals surface area contributed by atoms with Gasteiger partial charge in [0.15, 0.2) is 0 Å². The van der Waals surface area contributed by atoms with Crippen LogP contribution in [0.15, 0.2) is 42.6 Å². The Balaban J connectivity index is 1.95. The second kappa shape index (κ2) is 6.11. The van der Waals surface area contributed by atoms with Crippen LogP contribution in [-0.2, 0) is 16.6 Å². The van der Waals surface area contributed by atoms with Crippen molar-refractivity contribution in [2.75, 3.05) is 16.3 Å². The zero-order valence-electron chi connectivity index (χ0n) is 10.8. The van der Waals surface area contributed by atoms with Crippen LogP contribution in [0.3, 0.4) is 0 Å². The fraction of sp³-hybridized carbons (Fsp3) is 0.154. The number of benzene rings is 1. The molecule has 0 aliphatic heterocycles. The Morgan fingerprint density at radius 3 is 2.40 bits per heavy atom. The van der Waals surface area contributed by atoms with Gasteiger partial charge in [-0.2, -0.15) is 0 Å². The summed E-state index contributed by atoms with van der Waals surface area (Å²) in [4.78, 5) is 4.02. The third-order valence-corrected chi connectivity index (χ3v) is 3.30. The van der Waals surface area contributed by atoms with Crippen LogP contribution in [-0.4, -0.2) is 19.7 Å². The molecule has 106 valence electrons. The minimum atomic E-state index is -3.29. The molecular formula is C13H14ClN3O2S. The van der Waals surface area contributed by atoms with Crippen molar-refractivity contribution in [3.8, 4) is 0 Å². The minimum Gasteiger partial charge on any atom is -0.380 e. The van der Waals surface area contributed by atoms with E-state index in [0.717, 1.165) is 17.5 Å². The summed E-state index contributed by atoms with van der Waals surface area (Å²) in [5.41, 5.74) is 1.90. The van der Waals surface area contributed by atoms with Crippen molar-refractivity contribution in [2.24, 2.45) is 0 Å². The standard InChI is InChI=1S/C13H14ClN3O2S/c1-20(18,19)17-13-7-6-12(9-16-13)15-8-10-2-4-11(14)5-3-10/h2-7,9,15H,8H2,1H3,(H,16,17). The largest absolute Gasteiger partial charge is 0.380 e. The van der Waals surface area contributed by atoms with Gasteiger partial charge in [-0.05, 0) is 29.8 Å². The van der Waals surface area contributed by atoms with Crippen molar-refractivity contribution < 1.29 is 8.42 Å². The molecule has 0 amide bonds. The summed E-state index contributed by atoms with van der Waals surface area (Å²) in [6.45, 7) is 0.637. The van der Waals surface area contributed by atoms with E-state index in [1.807, 2.05) is 24.3 Å². The van der Waals surface area contributed by atoms with Gasteiger partial charge >= 0.3 is 0 Å². The number of nitrogens with one attached hydrogen (secondary N) is 2. The highest BCUT2D eigenvalue weighted by Crippen LogP contribution is 2.13. The molecule has 0 radical (unpaired) electrons. The first-order valence-electron chi connectivity index (χ1n) is 5.84. The Hall–Kier alpha value is -1.79. The number of hydrogen-bond acceptors (Lipinski definition) is 4. The predicted molar refractivity (Wildman–Crippen MR) is 81.5 cm³/mol. The van der Waals surface area contributed by atoms with Crippen LogP contribution in [0, 0.1) is 0 Å². The van der Waals surface area contributed by atoms with Crippen LogP contribution in [0.1, 0.15) is 5.56 Å². The van der Waals surface area contributed by atoms with Crippen molar-refractivity contribution in [3.63, 3.8) is 0 Å². The molecule has 0 spiro atoms. The maximum absolute atomic E-state index is 11.0. The van der Waals surface area contributed by atoms with E-state index in [1.54, 1.807) is 18.3 Å². The van der Waals surface area contributed by atoms with Crippen LogP contribution in [0.5, 0.6) is 0 Å². The molecule has 2 aromatic rings. The molecule has 0 fully saturated rings. The first-order valence-corrected chi connectivity index (χ1v) is 8.11. The van der Waals surface area contributed by atoms with Crippen molar-refractivity contribution in [1.29, 1.82) is 0 Å². The summed E-state index contributed by atoms with van der Waals surface area (Å²) in [7, 11) is -3.29. The monoisotopic (exact) mass is 311 g/mol. The Kier molecular flexibility index (Phi) is 4.46. The summed E-state index contributed by atoms with van der Waals surface area (Å²) in [6, 6.07) is 10.9. The van der Waals surface area contributed by atoms with Crippen molar-refractivity contribution in [3.05, 3.63) is 53.2 Å². The van der Waals surface area contributed by atoms with Crippen molar-refractivity contribution >= 4 is 33.1 Å². The fourth-order valence-corrected chi connectivity index (χ4v) is 2.18. The lowest BCUT2D eigenvalue weighted by Gasteiger charge is -2.07. The molecule has 0 saturated heterocycles. The van der Waals surface area contributed by atoms with E-state index >= 15 is 0 Å².